The van der Waals surface area contributed by atoms with E-state index in [0.29, 0.717) is 19.4 Å². The number of nitrogen functional groups attached to an aromatic ring is 1. The van der Waals surface area contributed by atoms with Crippen molar-refractivity contribution < 1.29 is 9.72 Å². The number of carbonyl (C=O) groups excluding carboxylic acids is 1. The number of anilines is 2. The Kier molecular flexibility index (Phi) is 4.46. The number of benzene rings is 2. The first kappa shape index (κ1) is 16.0. The molecule has 3 rings (SSSR count). The minimum atomic E-state index is -0.422. The Morgan fingerprint density at radius 1 is 1.25 bits per heavy atom. The normalized spacial score (nSPS) is 13.4. The number of amides is 1. The molecule has 0 fully saturated rings. The third kappa shape index (κ3) is 3.22. The van der Waals surface area contributed by atoms with Gasteiger partial charge in [-0.25, -0.2) is 0 Å². The Morgan fingerprint density at radius 3 is 2.83 bits per heavy atom. The van der Waals surface area contributed by atoms with Crippen LogP contribution in [0.2, 0.25) is 0 Å². The van der Waals surface area contributed by atoms with Crippen molar-refractivity contribution in [2.45, 2.75) is 25.7 Å². The number of rotatable bonds is 4. The lowest BCUT2D eigenvalue weighted by Gasteiger charge is -2.30. The van der Waals surface area contributed by atoms with Gasteiger partial charge < -0.3 is 10.6 Å². The molecule has 124 valence electrons. The highest BCUT2D eigenvalue weighted by Gasteiger charge is 2.23. The van der Waals surface area contributed by atoms with Gasteiger partial charge in [0.15, 0.2) is 0 Å². The molecule has 1 heterocycles. The second-order valence-electron chi connectivity index (χ2n) is 5.92. The smallest absolute Gasteiger partial charge is 0.269 e. The molecule has 0 atom stereocenters. The number of non-ortho nitro benzene ring substituents is 1. The maximum Gasteiger partial charge on any atom is 0.269 e. The van der Waals surface area contributed by atoms with E-state index in [4.69, 9.17) is 5.73 Å². The molecule has 6 nitrogen and oxygen atoms in total. The monoisotopic (exact) mass is 325 g/mol. The highest BCUT2D eigenvalue weighted by atomic mass is 16.6. The number of carbonyl (C=O) groups is 1. The predicted molar refractivity (Wildman–Crippen MR) is 92.9 cm³/mol. The average molecular weight is 325 g/mol. The number of nitrogens with two attached hydrogens (primary N) is 1. The molecule has 0 saturated heterocycles. The lowest BCUT2D eigenvalue weighted by Crippen LogP contribution is -2.35. The van der Waals surface area contributed by atoms with Gasteiger partial charge in [-0.1, -0.05) is 18.2 Å². The Balaban J connectivity index is 1.72. The van der Waals surface area contributed by atoms with Gasteiger partial charge in [-0.15, -0.1) is 0 Å². The van der Waals surface area contributed by atoms with Crippen LogP contribution in [0.25, 0.3) is 0 Å². The van der Waals surface area contributed by atoms with Gasteiger partial charge in [-0.05, 0) is 42.5 Å². The quantitative estimate of drug-likeness (QED) is 0.531. The molecular formula is C18H19N3O3. The fourth-order valence-electron chi connectivity index (χ4n) is 3.12. The molecule has 1 aliphatic rings. The summed E-state index contributed by atoms with van der Waals surface area (Å²) in [6.45, 7) is 0.685. The maximum atomic E-state index is 12.6. The van der Waals surface area contributed by atoms with E-state index in [-0.39, 0.29) is 11.6 Å². The van der Waals surface area contributed by atoms with Crippen LogP contribution in [0.15, 0.2) is 42.5 Å². The molecule has 0 bridgehead atoms. The molecule has 24 heavy (non-hydrogen) atoms. The SMILES string of the molecule is Nc1cccc2c1CCCN2C(=O)CCc1cccc([N+](=O)[O-])c1. The van der Waals surface area contributed by atoms with Crippen LogP contribution in [-0.2, 0) is 17.6 Å². The Hall–Kier alpha value is -2.89. The van der Waals surface area contributed by atoms with E-state index in [2.05, 4.69) is 0 Å². The number of nitrogens with zero attached hydrogens (tertiary/aromatic N) is 2. The Bertz CT molecular complexity index is 789. The van der Waals surface area contributed by atoms with Crippen molar-refractivity contribution in [3.05, 3.63) is 63.7 Å². The second-order valence-corrected chi connectivity index (χ2v) is 5.92. The summed E-state index contributed by atoms with van der Waals surface area (Å²) < 4.78 is 0. The van der Waals surface area contributed by atoms with Crippen molar-refractivity contribution in [1.29, 1.82) is 0 Å². The Labute approximate surface area is 140 Å². The number of aryl methyl sites for hydroxylation is 1. The van der Waals surface area contributed by atoms with Crippen molar-refractivity contribution in [1.82, 2.24) is 0 Å². The first-order valence-electron chi connectivity index (χ1n) is 7.97. The van der Waals surface area contributed by atoms with Gasteiger partial charge >= 0.3 is 0 Å². The molecule has 0 unspecified atom stereocenters. The number of nitro groups is 1. The molecule has 0 aromatic heterocycles. The van der Waals surface area contributed by atoms with Crippen LogP contribution in [-0.4, -0.2) is 17.4 Å². The second kappa shape index (κ2) is 6.70. The maximum absolute atomic E-state index is 12.6. The predicted octanol–water partition coefficient (Wildman–Crippen LogP) is 3.09. The van der Waals surface area contributed by atoms with Gasteiger partial charge in [-0.2, -0.15) is 0 Å². The van der Waals surface area contributed by atoms with Crippen LogP contribution >= 0.6 is 0 Å². The molecule has 0 aliphatic carbocycles. The first-order chi connectivity index (χ1) is 11.6. The van der Waals surface area contributed by atoms with E-state index in [1.165, 1.54) is 12.1 Å². The van der Waals surface area contributed by atoms with E-state index in [1.54, 1.807) is 11.0 Å². The van der Waals surface area contributed by atoms with E-state index < -0.39 is 4.92 Å². The summed E-state index contributed by atoms with van der Waals surface area (Å²) in [6, 6.07) is 12.1. The highest BCUT2D eigenvalue weighted by molar-refractivity contribution is 5.95. The van der Waals surface area contributed by atoms with Crippen LogP contribution in [0.1, 0.15) is 24.0 Å². The van der Waals surface area contributed by atoms with Crippen molar-refractivity contribution >= 4 is 23.0 Å². The number of nitro benzene ring substituents is 1. The van der Waals surface area contributed by atoms with Crippen molar-refractivity contribution in [2.24, 2.45) is 0 Å². The van der Waals surface area contributed by atoms with E-state index in [1.807, 2.05) is 24.3 Å². The summed E-state index contributed by atoms with van der Waals surface area (Å²) in [6.07, 6.45) is 2.57. The van der Waals surface area contributed by atoms with Crippen molar-refractivity contribution in [2.75, 3.05) is 17.2 Å². The summed E-state index contributed by atoms with van der Waals surface area (Å²) in [5, 5.41) is 10.8. The van der Waals surface area contributed by atoms with Gasteiger partial charge in [0.25, 0.3) is 5.69 Å². The summed E-state index contributed by atoms with van der Waals surface area (Å²) >= 11 is 0. The van der Waals surface area contributed by atoms with Crippen molar-refractivity contribution in [3.8, 4) is 0 Å². The zero-order chi connectivity index (χ0) is 17.1. The molecule has 2 aromatic rings. The topological polar surface area (TPSA) is 89.5 Å². The van der Waals surface area contributed by atoms with Crippen LogP contribution in [0, 0.1) is 10.1 Å². The molecule has 2 aromatic carbocycles. The summed E-state index contributed by atoms with van der Waals surface area (Å²) in [5.74, 6) is 0.0213. The molecule has 2 N–H and O–H groups in total. The number of fused-ring (bicyclic) bond motifs is 1. The minimum absolute atomic E-state index is 0.0213. The summed E-state index contributed by atoms with van der Waals surface area (Å²) in [5.41, 5.74) is 9.51. The molecule has 0 spiro atoms. The minimum Gasteiger partial charge on any atom is -0.398 e. The van der Waals surface area contributed by atoms with E-state index in [9.17, 15) is 14.9 Å². The third-order valence-electron chi connectivity index (χ3n) is 4.34. The van der Waals surface area contributed by atoms with Crippen LogP contribution in [0.5, 0.6) is 0 Å². The van der Waals surface area contributed by atoms with E-state index in [0.717, 1.165) is 35.3 Å². The summed E-state index contributed by atoms with van der Waals surface area (Å²) in [7, 11) is 0. The van der Waals surface area contributed by atoms with E-state index >= 15 is 0 Å². The van der Waals surface area contributed by atoms with Gasteiger partial charge in [-0.3, -0.25) is 14.9 Å². The number of hydrogen-bond acceptors (Lipinski definition) is 4. The molecular weight excluding hydrogens is 306 g/mol. The zero-order valence-corrected chi connectivity index (χ0v) is 13.3. The molecule has 0 saturated carbocycles. The highest BCUT2D eigenvalue weighted by Crippen LogP contribution is 2.31. The van der Waals surface area contributed by atoms with Gasteiger partial charge in [0, 0.05) is 36.5 Å². The van der Waals surface area contributed by atoms with Gasteiger partial charge in [0.1, 0.15) is 0 Å². The van der Waals surface area contributed by atoms with Crippen LogP contribution in [0.3, 0.4) is 0 Å². The fourth-order valence-corrected chi connectivity index (χ4v) is 3.12. The van der Waals surface area contributed by atoms with Crippen LogP contribution in [0.4, 0.5) is 17.1 Å². The first-order valence-corrected chi connectivity index (χ1v) is 7.97. The largest absolute Gasteiger partial charge is 0.398 e. The third-order valence-corrected chi connectivity index (χ3v) is 4.34. The number of hydrogen-bond donors (Lipinski definition) is 1. The molecule has 1 amide bonds. The van der Waals surface area contributed by atoms with Crippen molar-refractivity contribution in [3.63, 3.8) is 0 Å². The van der Waals surface area contributed by atoms with Gasteiger partial charge in [0.05, 0.1) is 4.92 Å². The lowest BCUT2D eigenvalue weighted by atomic mass is 9.99. The molecule has 1 aliphatic heterocycles. The fraction of sp³-hybridized carbons (Fsp3) is 0.278. The summed E-state index contributed by atoms with van der Waals surface area (Å²) in [4.78, 5) is 24.8. The lowest BCUT2D eigenvalue weighted by molar-refractivity contribution is -0.384. The molecule has 6 heteroatoms. The van der Waals surface area contributed by atoms with Gasteiger partial charge in [0.2, 0.25) is 5.91 Å². The standard InChI is InChI=1S/C18H19N3O3/c19-16-7-2-8-17-15(16)6-3-11-20(17)18(22)10-9-13-4-1-5-14(12-13)21(23)24/h1-2,4-5,7-8,12H,3,6,9-11,19H2. The molecule has 0 radical (unpaired) electrons. The Morgan fingerprint density at radius 2 is 2.04 bits per heavy atom. The average Bonchev–Trinajstić information content (AvgIpc) is 2.60. The van der Waals surface area contributed by atoms with Crippen LogP contribution < -0.4 is 10.6 Å². The zero-order valence-electron chi connectivity index (χ0n) is 13.3.